The maximum absolute atomic E-state index is 13.8. The molecule has 0 radical (unpaired) electrons. The molecule has 1 amide bonds. The lowest BCUT2D eigenvalue weighted by Gasteiger charge is -2.49. The van der Waals surface area contributed by atoms with Crippen molar-refractivity contribution in [3.8, 4) is 0 Å². The van der Waals surface area contributed by atoms with Gasteiger partial charge in [0.05, 0.1) is 55.2 Å². The van der Waals surface area contributed by atoms with Gasteiger partial charge in [0.25, 0.3) is 0 Å². The second-order valence-corrected chi connectivity index (χ2v) is 15.4. The van der Waals surface area contributed by atoms with Gasteiger partial charge >= 0.3 is 11.9 Å². The van der Waals surface area contributed by atoms with Crippen molar-refractivity contribution in [3.63, 3.8) is 0 Å². The summed E-state index contributed by atoms with van der Waals surface area (Å²) in [6, 6.07) is -0.247. The van der Waals surface area contributed by atoms with E-state index in [1.807, 2.05) is 46.7 Å². The van der Waals surface area contributed by atoms with Crippen LogP contribution in [0, 0.1) is 23.7 Å². The molecule has 3 heterocycles. The summed E-state index contributed by atoms with van der Waals surface area (Å²) in [5.74, 6) is -4.51. The molecular weight excluding hydrogens is 660 g/mol. The lowest BCUT2D eigenvalue weighted by Crippen LogP contribution is -2.61. The number of cyclic esters (lactones) is 1. The number of nitrogens with zero attached hydrogens (tertiary/aromatic N) is 2. The minimum atomic E-state index is -1.73. The van der Waals surface area contributed by atoms with Gasteiger partial charge in [-0.1, -0.05) is 41.7 Å². The number of fused-ring (bicyclic) bond motifs is 5. The maximum atomic E-state index is 13.8. The summed E-state index contributed by atoms with van der Waals surface area (Å²) >= 11 is 0. The summed E-state index contributed by atoms with van der Waals surface area (Å²) in [5.41, 5.74) is -1.93. The van der Waals surface area contributed by atoms with Crippen LogP contribution in [-0.2, 0) is 42.8 Å². The van der Waals surface area contributed by atoms with Crippen LogP contribution in [0.5, 0.6) is 0 Å². The van der Waals surface area contributed by atoms with E-state index >= 15 is 0 Å². The van der Waals surface area contributed by atoms with Gasteiger partial charge in [0.1, 0.15) is 11.7 Å². The summed E-state index contributed by atoms with van der Waals surface area (Å²) in [6.07, 6.45) is -5.38. The van der Waals surface area contributed by atoms with Crippen LogP contribution < -0.4 is 0 Å². The molecule has 0 saturated carbocycles. The van der Waals surface area contributed by atoms with E-state index in [9.17, 15) is 24.6 Å². The first-order chi connectivity index (χ1) is 23.1. The zero-order chi connectivity index (χ0) is 37.9. The van der Waals surface area contributed by atoms with Crippen molar-refractivity contribution in [1.82, 2.24) is 4.90 Å². The van der Waals surface area contributed by atoms with Gasteiger partial charge in [-0.15, -0.1) is 0 Å². The lowest BCUT2D eigenvalue weighted by atomic mass is 9.73. The predicted molar refractivity (Wildman–Crippen MR) is 193 cm³/mol. The van der Waals surface area contributed by atoms with Crippen LogP contribution in [0.15, 0.2) is 17.1 Å². The number of rotatable bonds is 5. The van der Waals surface area contributed by atoms with E-state index in [0.29, 0.717) is 17.7 Å². The van der Waals surface area contributed by atoms with Crippen LogP contribution in [0.4, 0.5) is 0 Å². The average molecular weight is 727 g/mol. The van der Waals surface area contributed by atoms with Gasteiger partial charge in [-0.05, 0) is 72.5 Å². The second kappa shape index (κ2) is 18.2. The van der Waals surface area contributed by atoms with Crippen LogP contribution in [0.3, 0.4) is 0 Å². The molecule has 3 saturated heterocycles. The zero-order valence-corrected chi connectivity index (χ0v) is 32.1. The first-order valence-corrected chi connectivity index (χ1v) is 17.9. The van der Waals surface area contributed by atoms with E-state index in [1.165, 1.54) is 13.8 Å². The topological polar surface area (TPSA) is 163 Å². The summed E-state index contributed by atoms with van der Waals surface area (Å²) in [6.45, 7) is 21.1. The Morgan fingerprint density at radius 1 is 1.08 bits per heavy atom. The van der Waals surface area contributed by atoms with Crippen molar-refractivity contribution >= 4 is 23.6 Å². The highest BCUT2D eigenvalue weighted by molar-refractivity contribution is 5.97. The molecule has 0 aromatic heterocycles. The molecule has 51 heavy (non-hydrogen) atoms. The fourth-order valence-electron chi connectivity index (χ4n) is 8.05. The minimum Gasteiger partial charge on any atom is -0.459 e. The van der Waals surface area contributed by atoms with E-state index in [2.05, 4.69) is 11.6 Å². The van der Waals surface area contributed by atoms with Crippen molar-refractivity contribution in [2.75, 3.05) is 27.3 Å². The maximum Gasteiger partial charge on any atom is 0.311 e. The van der Waals surface area contributed by atoms with Crippen molar-refractivity contribution in [2.24, 2.45) is 28.7 Å². The average Bonchev–Trinajstić information content (AvgIpc) is 3.03. The highest BCUT2D eigenvalue weighted by Gasteiger charge is 2.53. The Bertz CT molecular complexity index is 1250. The Kier molecular flexibility index (Phi) is 16.0. The quantitative estimate of drug-likeness (QED) is 0.309. The van der Waals surface area contributed by atoms with Gasteiger partial charge in [0, 0.05) is 31.4 Å². The largest absolute Gasteiger partial charge is 0.459 e. The Labute approximate surface area is 305 Å². The van der Waals surface area contributed by atoms with Gasteiger partial charge in [-0.2, -0.15) is 0 Å². The molecular formula is C38H66N2O11. The lowest BCUT2D eigenvalue weighted by molar-refractivity contribution is -0.304. The third-order valence-electron chi connectivity index (χ3n) is 10.7. The van der Waals surface area contributed by atoms with E-state index < -0.39 is 89.5 Å². The number of carbonyl (C=O) groups excluding carboxylic acids is 3. The second-order valence-electron chi connectivity index (χ2n) is 15.4. The highest BCUT2D eigenvalue weighted by Crippen LogP contribution is 2.41. The van der Waals surface area contributed by atoms with E-state index in [-0.39, 0.29) is 45.6 Å². The highest BCUT2D eigenvalue weighted by atomic mass is 16.7. The monoisotopic (exact) mass is 726 g/mol. The fraction of sp³-hybridized carbons (Fsp3) is 0.842. The molecule has 3 fully saturated rings. The smallest absolute Gasteiger partial charge is 0.311 e. The number of aliphatic imine (C=N–C) groups is 1. The third-order valence-corrected chi connectivity index (χ3v) is 10.7. The first kappa shape index (κ1) is 44.9. The molecule has 2 bridgehead atoms. The number of hydrogen-bond acceptors (Lipinski definition) is 12. The van der Waals surface area contributed by atoms with Crippen LogP contribution in [0.1, 0.15) is 95.9 Å². The summed E-state index contributed by atoms with van der Waals surface area (Å²) in [7, 11) is 3.79. The van der Waals surface area contributed by atoms with Crippen LogP contribution in [0.2, 0.25) is 0 Å². The van der Waals surface area contributed by atoms with Crippen LogP contribution in [-0.4, -0.2) is 126 Å². The molecule has 13 heteroatoms. The normalized spacial score (nSPS) is 42.5. The van der Waals surface area contributed by atoms with Gasteiger partial charge in [0.2, 0.25) is 5.91 Å². The third kappa shape index (κ3) is 10.5. The molecule has 3 aliphatic heterocycles. The van der Waals surface area contributed by atoms with E-state index in [1.54, 1.807) is 27.7 Å². The molecule has 14 atom stereocenters. The molecule has 294 valence electrons. The van der Waals surface area contributed by atoms with Crippen LogP contribution >= 0.6 is 0 Å². The number of aliphatic hydroxyl groups is 2. The van der Waals surface area contributed by atoms with Gasteiger partial charge < -0.3 is 43.5 Å². The number of likely N-dealkylation sites (N-methyl/N-ethyl adjacent to an activating group) is 1. The Balaban J connectivity index is 0.00000901. The predicted octanol–water partition coefficient (Wildman–Crippen LogP) is 4.10. The van der Waals surface area contributed by atoms with Gasteiger partial charge in [0.15, 0.2) is 12.4 Å². The van der Waals surface area contributed by atoms with Gasteiger partial charge in [-0.3, -0.25) is 14.4 Å². The Hall–Kier alpha value is -2.26. The molecule has 2 N–H and O–H groups in total. The van der Waals surface area contributed by atoms with Crippen molar-refractivity contribution in [2.45, 2.75) is 156 Å². The minimum absolute atomic E-state index is 0. The van der Waals surface area contributed by atoms with Crippen LogP contribution in [0.25, 0.3) is 0 Å². The number of aliphatic hydroxyl groups excluding tert-OH is 1. The van der Waals surface area contributed by atoms with Crippen molar-refractivity contribution in [3.05, 3.63) is 12.2 Å². The first-order valence-electron chi connectivity index (χ1n) is 17.9. The number of amides is 1. The molecule has 0 aliphatic carbocycles. The van der Waals surface area contributed by atoms with Crippen molar-refractivity contribution in [1.29, 1.82) is 0 Å². The van der Waals surface area contributed by atoms with Crippen molar-refractivity contribution < 1.29 is 53.0 Å². The fourth-order valence-corrected chi connectivity index (χ4v) is 8.05. The summed E-state index contributed by atoms with van der Waals surface area (Å²) < 4.78 is 38.2. The van der Waals surface area contributed by atoms with E-state index in [4.69, 9.17) is 28.4 Å². The molecule has 13 nitrogen and oxygen atoms in total. The molecule has 3 aliphatic rings. The Morgan fingerprint density at radius 3 is 2.25 bits per heavy atom. The SMILES string of the molecule is C.C=C1CO[C@@H]2[C@@H](C)C(=NC(C)=O)[C@H](C)C[C@@](C)(OC1)[C@H](O[C@@H]1O[C@H](C)C[C@H](N(C)C)[C@H]1OC(C)=O)[C@@H](C)[C@H](O)[C@@H](C)C(=O)O[C@H](CC)[C@@]2(C)O. The number of carbonyl (C=O) groups is 3. The molecule has 0 unspecified atom stereocenters. The summed E-state index contributed by atoms with van der Waals surface area (Å²) in [4.78, 5) is 45.2. The number of esters is 2. The molecule has 0 aromatic rings. The zero-order valence-electron chi connectivity index (χ0n) is 32.1. The summed E-state index contributed by atoms with van der Waals surface area (Å²) in [5, 5.41) is 24.1. The molecule has 0 spiro atoms. The number of hydrogen-bond donors (Lipinski definition) is 2. The Morgan fingerprint density at radius 2 is 1.71 bits per heavy atom. The standard InChI is InChI=1S/C37H62N2O11.CH4/c1-14-28-37(11,44)33-22(5)29(38-25(8)40)20(3)16-36(10,46-18-19(2)17-45-33)32(23(6)30(42)24(7)34(43)49-28)50-35-31(48-26(9)41)27(39(12)13)15-21(4)47-35;/h20-24,27-28,30-33,35,42,44H,2,14-18H2,1,3-13H3;1H4/t20-,21-,22+,23+,24-,27+,28-,30+,31-,32-,33-,35+,36-,37-;/m1./s1. The van der Waals surface area contributed by atoms with E-state index in [0.717, 1.165) is 0 Å². The molecule has 0 aromatic carbocycles. The number of ether oxygens (including phenoxy) is 6. The molecule has 3 rings (SSSR count). The van der Waals surface area contributed by atoms with Gasteiger partial charge in [-0.25, -0.2) is 4.99 Å².